The standard InChI is InChI=1S/C16H18N6/c1-11-8-13(14-10-19-16-18-6-3-7-22(14)16)21-15(20-11)12-4-2-5-17-9-12/h3,6-8,10,12,17H,2,4-5,9H2,1H3/t12-/m0/s1. The van der Waals surface area contributed by atoms with Crippen LogP contribution >= 0.6 is 0 Å². The average molecular weight is 294 g/mol. The molecule has 4 heterocycles. The van der Waals surface area contributed by atoms with E-state index in [1.54, 1.807) is 6.20 Å². The van der Waals surface area contributed by atoms with Crippen molar-refractivity contribution in [2.24, 2.45) is 0 Å². The summed E-state index contributed by atoms with van der Waals surface area (Å²) in [6.45, 7) is 4.07. The van der Waals surface area contributed by atoms with Gasteiger partial charge in [-0.05, 0) is 38.4 Å². The molecule has 3 aromatic heterocycles. The molecule has 0 amide bonds. The van der Waals surface area contributed by atoms with Gasteiger partial charge in [0.25, 0.3) is 0 Å². The van der Waals surface area contributed by atoms with E-state index in [9.17, 15) is 0 Å². The quantitative estimate of drug-likeness (QED) is 0.782. The molecule has 1 aliphatic rings. The van der Waals surface area contributed by atoms with Gasteiger partial charge in [-0.2, -0.15) is 0 Å². The molecule has 0 aromatic carbocycles. The number of rotatable bonds is 2. The van der Waals surface area contributed by atoms with Gasteiger partial charge in [-0.25, -0.2) is 19.9 Å². The second-order valence-electron chi connectivity index (χ2n) is 5.73. The lowest BCUT2D eigenvalue weighted by Crippen LogP contribution is -2.29. The summed E-state index contributed by atoms with van der Waals surface area (Å²) in [5.41, 5.74) is 2.86. The molecule has 22 heavy (non-hydrogen) atoms. The normalized spacial score (nSPS) is 18.7. The lowest BCUT2D eigenvalue weighted by molar-refractivity contribution is 0.446. The third-order valence-corrected chi connectivity index (χ3v) is 4.08. The Hall–Kier alpha value is -2.34. The fraction of sp³-hybridized carbons (Fsp3) is 0.375. The van der Waals surface area contributed by atoms with Crippen LogP contribution in [0.3, 0.4) is 0 Å². The Kier molecular flexibility index (Phi) is 3.31. The molecule has 1 fully saturated rings. The van der Waals surface area contributed by atoms with Crippen LogP contribution in [0, 0.1) is 6.92 Å². The summed E-state index contributed by atoms with van der Waals surface area (Å²) in [4.78, 5) is 18.1. The Morgan fingerprint density at radius 1 is 1.27 bits per heavy atom. The Bertz CT molecular complexity index is 803. The zero-order chi connectivity index (χ0) is 14.9. The molecule has 0 bridgehead atoms. The smallest absolute Gasteiger partial charge is 0.234 e. The summed E-state index contributed by atoms with van der Waals surface area (Å²) < 4.78 is 1.96. The molecule has 6 nitrogen and oxygen atoms in total. The molecule has 112 valence electrons. The molecule has 3 aromatic rings. The first-order valence-electron chi connectivity index (χ1n) is 7.66. The van der Waals surface area contributed by atoms with Gasteiger partial charge in [0.15, 0.2) is 0 Å². The van der Waals surface area contributed by atoms with E-state index >= 15 is 0 Å². The number of hydrogen-bond acceptors (Lipinski definition) is 5. The van der Waals surface area contributed by atoms with Crippen LogP contribution in [-0.2, 0) is 0 Å². The van der Waals surface area contributed by atoms with E-state index in [1.807, 2.05) is 35.9 Å². The van der Waals surface area contributed by atoms with Crippen molar-refractivity contribution in [3.63, 3.8) is 0 Å². The highest BCUT2D eigenvalue weighted by molar-refractivity contribution is 5.58. The highest BCUT2D eigenvalue weighted by atomic mass is 15.1. The molecule has 1 saturated heterocycles. The van der Waals surface area contributed by atoms with Crippen LogP contribution in [0.15, 0.2) is 30.7 Å². The minimum Gasteiger partial charge on any atom is -0.316 e. The highest BCUT2D eigenvalue weighted by Crippen LogP contribution is 2.24. The maximum absolute atomic E-state index is 4.81. The van der Waals surface area contributed by atoms with Gasteiger partial charge in [0.05, 0.1) is 17.6 Å². The number of imidazole rings is 1. The zero-order valence-electron chi connectivity index (χ0n) is 12.5. The van der Waals surface area contributed by atoms with E-state index in [2.05, 4.69) is 20.3 Å². The molecule has 1 aliphatic heterocycles. The van der Waals surface area contributed by atoms with Gasteiger partial charge >= 0.3 is 0 Å². The van der Waals surface area contributed by atoms with Gasteiger partial charge in [0.2, 0.25) is 5.78 Å². The molecular weight excluding hydrogens is 276 g/mol. The molecule has 0 unspecified atom stereocenters. The summed E-state index contributed by atoms with van der Waals surface area (Å²) in [7, 11) is 0. The van der Waals surface area contributed by atoms with Crippen molar-refractivity contribution in [2.75, 3.05) is 13.1 Å². The monoisotopic (exact) mass is 294 g/mol. The Morgan fingerprint density at radius 2 is 2.23 bits per heavy atom. The SMILES string of the molecule is Cc1cc(-c2cnc3ncccn23)nc([C@H]2CCCNC2)n1. The van der Waals surface area contributed by atoms with E-state index in [1.165, 1.54) is 6.42 Å². The number of aromatic nitrogens is 5. The Balaban J connectivity index is 1.80. The van der Waals surface area contributed by atoms with Crippen LogP contribution < -0.4 is 5.32 Å². The third kappa shape index (κ3) is 2.35. The highest BCUT2D eigenvalue weighted by Gasteiger charge is 2.19. The van der Waals surface area contributed by atoms with Gasteiger partial charge in [-0.1, -0.05) is 0 Å². The first kappa shape index (κ1) is 13.3. The van der Waals surface area contributed by atoms with Crippen LogP contribution in [0.5, 0.6) is 0 Å². The maximum Gasteiger partial charge on any atom is 0.234 e. The average Bonchev–Trinajstić information content (AvgIpc) is 2.99. The number of nitrogens with zero attached hydrogens (tertiary/aromatic N) is 5. The second-order valence-corrected chi connectivity index (χ2v) is 5.73. The fourth-order valence-electron chi connectivity index (χ4n) is 2.99. The number of nitrogens with one attached hydrogen (secondary N) is 1. The van der Waals surface area contributed by atoms with Crippen LogP contribution in [-0.4, -0.2) is 37.4 Å². The van der Waals surface area contributed by atoms with E-state index in [0.29, 0.717) is 11.7 Å². The van der Waals surface area contributed by atoms with Crippen LogP contribution in [0.25, 0.3) is 17.2 Å². The predicted molar refractivity (Wildman–Crippen MR) is 83.6 cm³/mol. The summed E-state index contributed by atoms with van der Waals surface area (Å²) >= 11 is 0. The number of hydrogen-bond donors (Lipinski definition) is 1. The molecule has 0 aliphatic carbocycles. The Labute approximate surface area is 128 Å². The van der Waals surface area contributed by atoms with E-state index in [0.717, 1.165) is 42.4 Å². The van der Waals surface area contributed by atoms with Crippen molar-refractivity contribution >= 4 is 5.78 Å². The fourth-order valence-corrected chi connectivity index (χ4v) is 2.99. The molecule has 6 heteroatoms. The first-order valence-corrected chi connectivity index (χ1v) is 7.66. The molecule has 0 radical (unpaired) electrons. The van der Waals surface area contributed by atoms with Crippen molar-refractivity contribution in [3.05, 3.63) is 42.2 Å². The van der Waals surface area contributed by atoms with Crippen LogP contribution in [0.2, 0.25) is 0 Å². The lowest BCUT2D eigenvalue weighted by atomic mass is 9.98. The minimum atomic E-state index is 0.393. The number of aryl methyl sites for hydroxylation is 1. The van der Waals surface area contributed by atoms with Crippen LogP contribution in [0.4, 0.5) is 0 Å². The molecule has 1 N–H and O–H groups in total. The second kappa shape index (κ2) is 5.46. The molecular formula is C16H18N6. The van der Waals surface area contributed by atoms with Crippen molar-refractivity contribution in [3.8, 4) is 11.4 Å². The van der Waals surface area contributed by atoms with Crippen molar-refractivity contribution in [1.29, 1.82) is 0 Å². The van der Waals surface area contributed by atoms with Crippen molar-refractivity contribution < 1.29 is 0 Å². The molecule has 0 spiro atoms. The van der Waals surface area contributed by atoms with Gasteiger partial charge < -0.3 is 5.32 Å². The lowest BCUT2D eigenvalue weighted by Gasteiger charge is -2.22. The minimum absolute atomic E-state index is 0.393. The Morgan fingerprint density at radius 3 is 3.09 bits per heavy atom. The summed E-state index contributed by atoms with van der Waals surface area (Å²) in [6.07, 6.45) is 7.86. The van der Waals surface area contributed by atoms with E-state index in [4.69, 9.17) is 4.98 Å². The zero-order valence-corrected chi connectivity index (χ0v) is 12.5. The number of fused-ring (bicyclic) bond motifs is 1. The van der Waals surface area contributed by atoms with Gasteiger partial charge in [-0.15, -0.1) is 0 Å². The molecule has 0 saturated carbocycles. The maximum atomic E-state index is 4.81. The third-order valence-electron chi connectivity index (χ3n) is 4.08. The molecule has 1 atom stereocenters. The summed E-state index contributed by atoms with van der Waals surface area (Å²) in [5.74, 6) is 2.01. The van der Waals surface area contributed by atoms with Crippen LogP contribution in [0.1, 0.15) is 30.3 Å². The molecule has 4 rings (SSSR count). The van der Waals surface area contributed by atoms with Crippen molar-refractivity contribution in [1.82, 2.24) is 29.7 Å². The summed E-state index contributed by atoms with van der Waals surface area (Å²) in [5, 5.41) is 3.43. The van der Waals surface area contributed by atoms with Gasteiger partial charge in [0, 0.05) is 30.6 Å². The van der Waals surface area contributed by atoms with Gasteiger partial charge in [0.1, 0.15) is 5.82 Å². The summed E-state index contributed by atoms with van der Waals surface area (Å²) in [6, 6.07) is 3.91. The first-order chi connectivity index (χ1) is 10.8. The topological polar surface area (TPSA) is 68.0 Å². The largest absolute Gasteiger partial charge is 0.316 e. The van der Waals surface area contributed by atoms with E-state index < -0.39 is 0 Å². The van der Waals surface area contributed by atoms with Crippen molar-refractivity contribution in [2.45, 2.75) is 25.7 Å². The van der Waals surface area contributed by atoms with E-state index in [-0.39, 0.29) is 0 Å². The van der Waals surface area contributed by atoms with Gasteiger partial charge in [-0.3, -0.25) is 4.40 Å². The predicted octanol–water partition coefficient (Wildman–Crippen LogP) is 1.96. The number of piperidine rings is 1.